The molecule has 1 aromatic carbocycles. The molecule has 0 aliphatic rings. The largest absolute Gasteiger partial charge is 0.493 e. The highest BCUT2D eigenvalue weighted by Gasteiger charge is 2.14. The zero-order chi connectivity index (χ0) is 12.4. The van der Waals surface area contributed by atoms with Gasteiger partial charge in [0.2, 0.25) is 5.88 Å². The van der Waals surface area contributed by atoms with Gasteiger partial charge in [0, 0.05) is 23.3 Å². The van der Waals surface area contributed by atoms with Gasteiger partial charge in [0.25, 0.3) is 0 Å². The SMILES string of the molecule is Cl.Oc1nccc(-c2nccs2)c1-c1ccccc1. The fourth-order valence-corrected chi connectivity index (χ4v) is 2.54. The van der Waals surface area contributed by atoms with Crippen LogP contribution in [0.25, 0.3) is 21.7 Å². The molecule has 0 saturated heterocycles. The van der Waals surface area contributed by atoms with Crippen LogP contribution >= 0.6 is 23.7 Å². The first-order valence-corrected chi connectivity index (χ1v) is 6.37. The smallest absolute Gasteiger partial charge is 0.219 e. The highest BCUT2D eigenvalue weighted by Crippen LogP contribution is 2.37. The Labute approximate surface area is 121 Å². The van der Waals surface area contributed by atoms with E-state index in [1.54, 1.807) is 23.7 Å². The average molecular weight is 291 g/mol. The Balaban J connectivity index is 0.00000133. The summed E-state index contributed by atoms with van der Waals surface area (Å²) >= 11 is 1.54. The minimum absolute atomic E-state index is 0. The maximum atomic E-state index is 10.0. The van der Waals surface area contributed by atoms with Gasteiger partial charge >= 0.3 is 0 Å². The van der Waals surface area contributed by atoms with Gasteiger partial charge in [0.15, 0.2) is 0 Å². The first kappa shape index (κ1) is 13.5. The van der Waals surface area contributed by atoms with Crippen LogP contribution in [0.4, 0.5) is 0 Å². The fourth-order valence-electron chi connectivity index (χ4n) is 1.87. The van der Waals surface area contributed by atoms with Crippen LogP contribution in [0.1, 0.15) is 0 Å². The van der Waals surface area contributed by atoms with Crippen molar-refractivity contribution < 1.29 is 5.11 Å². The van der Waals surface area contributed by atoms with Crippen molar-refractivity contribution in [3.63, 3.8) is 0 Å². The average Bonchev–Trinajstić information content (AvgIpc) is 2.93. The standard InChI is InChI=1S/C14H10N2OS.ClH/c17-13-12(10-4-2-1-3-5-10)11(6-7-15-13)14-16-8-9-18-14;/h1-9H,(H,15,17);1H. The van der Waals surface area contributed by atoms with E-state index in [9.17, 15) is 5.11 Å². The number of aromatic nitrogens is 2. The Morgan fingerprint density at radius 3 is 2.42 bits per heavy atom. The maximum absolute atomic E-state index is 10.0. The molecule has 96 valence electrons. The van der Waals surface area contributed by atoms with Crippen LogP contribution in [0.15, 0.2) is 54.2 Å². The minimum Gasteiger partial charge on any atom is -0.493 e. The summed E-state index contributed by atoms with van der Waals surface area (Å²) in [4.78, 5) is 8.25. The molecule has 0 aliphatic carbocycles. The van der Waals surface area contributed by atoms with E-state index in [0.29, 0.717) is 0 Å². The molecule has 0 bridgehead atoms. The molecular weight excluding hydrogens is 280 g/mol. The second kappa shape index (κ2) is 5.82. The van der Waals surface area contributed by atoms with E-state index in [2.05, 4.69) is 9.97 Å². The molecule has 3 nitrogen and oxygen atoms in total. The first-order valence-electron chi connectivity index (χ1n) is 5.49. The Kier molecular flexibility index (Phi) is 4.14. The highest BCUT2D eigenvalue weighted by molar-refractivity contribution is 7.13. The normalized spacial score (nSPS) is 9.89. The van der Waals surface area contributed by atoms with Crippen LogP contribution in [0.5, 0.6) is 5.88 Å². The topological polar surface area (TPSA) is 46.0 Å². The second-order valence-electron chi connectivity index (χ2n) is 3.76. The number of hydrogen-bond donors (Lipinski definition) is 1. The summed E-state index contributed by atoms with van der Waals surface area (Å²) in [5.41, 5.74) is 2.57. The predicted molar refractivity (Wildman–Crippen MR) is 79.7 cm³/mol. The Bertz CT molecular complexity index is 656. The molecule has 0 atom stereocenters. The summed E-state index contributed by atoms with van der Waals surface area (Å²) in [6.07, 6.45) is 3.35. The van der Waals surface area contributed by atoms with Crippen LogP contribution in [-0.4, -0.2) is 15.1 Å². The quantitative estimate of drug-likeness (QED) is 0.776. The van der Waals surface area contributed by atoms with Crippen molar-refractivity contribution in [3.05, 3.63) is 54.2 Å². The molecule has 0 aliphatic heterocycles. The molecule has 0 amide bonds. The van der Waals surface area contributed by atoms with E-state index in [1.165, 1.54) is 0 Å². The Morgan fingerprint density at radius 2 is 1.74 bits per heavy atom. The van der Waals surface area contributed by atoms with E-state index >= 15 is 0 Å². The lowest BCUT2D eigenvalue weighted by Crippen LogP contribution is -1.87. The number of nitrogens with zero attached hydrogens (tertiary/aromatic N) is 2. The van der Waals surface area contributed by atoms with E-state index in [4.69, 9.17) is 0 Å². The summed E-state index contributed by atoms with van der Waals surface area (Å²) in [6.45, 7) is 0. The Morgan fingerprint density at radius 1 is 0.947 bits per heavy atom. The van der Waals surface area contributed by atoms with Crippen LogP contribution in [-0.2, 0) is 0 Å². The van der Waals surface area contributed by atoms with Gasteiger partial charge in [-0.3, -0.25) is 0 Å². The zero-order valence-electron chi connectivity index (χ0n) is 9.85. The molecule has 2 heterocycles. The van der Waals surface area contributed by atoms with E-state index in [-0.39, 0.29) is 18.3 Å². The van der Waals surface area contributed by atoms with Crippen molar-refractivity contribution in [2.45, 2.75) is 0 Å². The van der Waals surface area contributed by atoms with Crippen LogP contribution in [0.3, 0.4) is 0 Å². The van der Waals surface area contributed by atoms with Crippen LogP contribution in [0, 0.1) is 0 Å². The lowest BCUT2D eigenvalue weighted by atomic mass is 10.0. The number of halogens is 1. The molecule has 1 N–H and O–H groups in total. The minimum atomic E-state index is 0. The summed E-state index contributed by atoms with van der Waals surface area (Å²) in [5.74, 6) is 0.0360. The van der Waals surface area contributed by atoms with Gasteiger partial charge in [0.05, 0.1) is 5.56 Å². The van der Waals surface area contributed by atoms with Gasteiger partial charge in [-0.05, 0) is 11.6 Å². The maximum Gasteiger partial charge on any atom is 0.219 e. The van der Waals surface area contributed by atoms with Crippen LogP contribution in [0.2, 0.25) is 0 Å². The van der Waals surface area contributed by atoms with Gasteiger partial charge in [-0.25, -0.2) is 9.97 Å². The molecule has 2 aromatic heterocycles. The molecule has 5 heteroatoms. The summed E-state index contributed by atoms with van der Waals surface area (Å²) in [5, 5.41) is 12.8. The van der Waals surface area contributed by atoms with Gasteiger partial charge in [-0.1, -0.05) is 30.3 Å². The monoisotopic (exact) mass is 290 g/mol. The fraction of sp³-hybridized carbons (Fsp3) is 0. The number of aromatic hydroxyl groups is 1. The summed E-state index contributed by atoms with van der Waals surface area (Å²) in [7, 11) is 0. The highest BCUT2D eigenvalue weighted by atomic mass is 35.5. The van der Waals surface area contributed by atoms with Crippen molar-refractivity contribution in [2.75, 3.05) is 0 Å². The number of rotatable bonds is 2. The van der Waals surface area contributed by atoms with Crippen molar-refractivity contribution in [3.8, 4) is 27.6 Å². The Hall–Kier alpha value is -1.91. The van der Waals surface area contributed by atoms with Gasteiger partial charge in [-0.15, -0.1) is 23.7 Å². The summed E-state index contributed by atoms with van der Waals surface area (Å²) in [6, 6.07) is 11.6. The van der Waals surface area contributed by atoms with E-state index in [0.717, 1.165) is 21.7 Å². The van der Waals surface area contributed by atoms with E-state index < -0.39 is 0 Å². The van der Waals surface area contributed by atoms with Gasteiger partial charge in [0.1, 0.15) is 5.01 Å². The second-order valence-corrected chi connectivity index (χ2v) is 4.65. The molecule has 19 heavy (non-hydrogen) atoms. The molecule has 3 rings (SSSR count). The first-order chi connectivity index (χ1) is 8.86. The number of hydrogen-bond acceptors (Lipinski definition) is 4. The van der Waals surface area contributed by atoms with Crippen LogP contribution < -0.4 is 0 Å². The van der Waals surface area contributed by atoms with Crippen molar-refractivity contribution in [2.24, 2.45) is 0 Å². The molecule has 0 saturated carbocycles. The molecule has 0 radical (unpaired) electrons. The third-order valence-corrected chi connectivity index (χ3v) is 3.46. The molecule has 0 spiro atoms. The third-order valence-electron chi connectivity index (χ3n) is 2.66. The number of pyridine rings is 1. The van der Waals surface area contributed by atoms with Crippen molar-refractivity contribution in [1.82, 2.24) is 9.97 Å². The lowest BCUT2D eigenvalue weighted by molar-refractivity contribution is 0.456. The van der Waals surface area contributed by atoms with Crippen molar-refractivity contribution >= 4 is 23.7 Å². The predicted octanol–water partition coefficient (Wildman–Crippen LogP) is 4.00. The zero-order valence-corrected chi connectivity index (χ0v) is 11.5. The molecular formula is C14H11ClN2OS. The molecule has 0 unspecified atom stereocenters. The number of benzene rings is 1. The third kappa shape index (κ3) is 2.59. The van der Waals surface area contributed by atoms with Crippen molar-refractivity contribution in [1.29, 1.82) is 0 Å². The lowest BCUT2D eigenvalue weighted by Gasteiger charge is -2.08. The summed E-state index contributed by atoms with van der Waals surface area (Å²) < 4.78 is 0. The molecule has 0 fully saturated rings. The van der Waals surface area contributed by atoms with Gasteiger partial charge < -0.3 is 5.11 Å². The van der Waals surface area contributed by atoms with Gasteiger partial charge in [-0.2, -0.15) is 0 Å². The molecule has 3 aromatic rings. The number of thiazole rings is 1. The van der Waals surface area contributed by atoms with E-state index in [1.807, 2.05) is 41.8 Å².